The molecule has 2 N–H and O–H groups in total. The predicted octanol–water partition coefficient (Wildman–Crippen LogP) is 1.04. The summed E-state index contributed by atoms with van der Waals surface area (Å²) in [6.07, 6.45) is 1.90. The molecular formula is C16H22N2O5S. The van der Waals surface area contributed by atoms with Gasteiger partial charge in [0, 0.05) is 12.1 Å². The van der Waals surface area contributed by atoms with Crippen LogP contribution in [-0.4, -0.2) is 39.6 Å². The maximum absolute atomic E-state index is 12.7. The Kier molecular flexibility index (Phi) is 4.69. The molecule has 1 amide bonds. The lowest BCUT2D eigenvalue weighted by Gasteiger charge is -2.22. The van der Waals surface area contributed by atoms with Gasteiger partial charge in [-0.05, 0) is 30.9 Å². The zero-order valence-electron chi connectivity index (χ0n) is 13.7. The summed E-state index contributed by atoms with van der Waals surface area (Å²) in [6.45, 7) is 4.43. The Hall–Kier alpha value is -1.80. The molecule has 1 heterocycles. The van der Waals surface area contributed by atoms with E-state index in [2.05, 4.69) is 10.0 Å². The molecule has 1 aliphatic heterocycles. The van der Waals surface area contributed by atoms with Gasteiger partial charge in [-0.15, -0.1) is 0 Å². The Morgan fingerprint density at radius 1 is 1.17 bits per heavy atom. The van der Waals surface area contributed by atoms with E-state index in [1.165, 1.54) is 12.1 Å². The molecule has 0 unspecified atom stereocenters. The standard InChI is InChI=1S/C16H22N2O5S/c1-10(2)15(16(19)17-11-3-4-11)18-24(20,21)12-5-6-13-14(9-12)23-8-7-22-13/h5-6,9-11,15,18H,3-4,7-8H2,1-2H3,(H,17,19)/t15-/m0/s1. The molecule has 132 valence electrons. The van der Waals surface area contributed by atoms with Crippen LogP contribution in [-0.2, 0) is 14.8 Å². The number of benzene rings is 1. The van der Waals surface area contributed by atoms with E-state index in [4.69, 9.17) is 9.47 Å². The highest BCUT2D eigenvalue weighted by atomic mass is 32.2. The maximum Gasteiger partial charge on any atom is 0.241 e. The normalized spacial score (nSPS) is 18.3. The number of ether oxygens (including phenoxy) is 2. The Morgan fingerprint density at radius 3 is 2.46 bits per heavy atom. The van der Waals surface area contributed by atoms with Crippen LogP contribution in [0.15, 0.2) is 23.1 Å². The lowest BCUT2D eigenvalue weighted by molar-refractivity contribution is -0.123. The van der Waals surface area contributed by atoms with E-state index in [0.29, 0.717) is 24.7 Å². The fourth-order valence-corrected chi connectivity index (χ4v) is 3.80. The molecule has 0 spiro atoms. The van der Waals surface area contributed by atoms with Gasteiger partial charge in [-0.1, -0.05) is 13.8 Å². The van der Waals surface area contributed by atoms with Crippen LogP contribution in [0.4, 0.5) is 0 Å². The van der Waals surface area contributed by atoms with Gasteiger partial charge in [0.15, 0.2) is 11.5 Å². The number of sulfonamides is 1. The van der Waals surface area contributed by atoms with Gasteiger partial charge >= 0.3 is 0 Å². The van der Waals surface area contributed by atoms with Crippen LogP contribution in [0.3, 0.4) is 0 Å². The number of hydrogen-bond acceptors (Lipinski definition) is 5. The van der Waals surface area contributed by atoms with Crippen molar-refractivity contribution in [2.24, 2.45) is 5.92 Å². The third-order valence-corrected chi connectivity index (χ3v) is 5.42. The summed E-state index contributed by atoms with van der Waals surface area (Å²) >= 11 is 0. The molecule has 0 radical (unpaired) electrons. The second-order valence-corrected chi connectivity index (χ2v) is 8.15. The number of carbonyl (C=O) groups is 1. The SMILES string of the molecule is CC(C)[C@H](NS(=O)(=O)c1ccc2c(c1)OCCO2)C(=O)NC1CC1. The third kappa shape index (κ3) is 3.81. The molecule has 7 nitrogen and oxygen atoms in total. The van der Waals surface area contributed by atoms with Crippen molar-refractivity contribution in [3.8, 4) is 11.5 Å². The summed E-state index contributed by atoms with van der Waals surface area (Å²) in [7, 11) is -3.84. The van der Waals surface area contributed by atoms with Crippen molar-refractivity contribution in [1.82, 2.24) is 10.0 Å². The Morgan fingerprint density at radius 2 is 1.83 bits per heavy atom. The van der Waals surface area contributed by atoms with Crippen LogP contribution >= 0.6 is 0 Å². The first-order chi connectivity index (χ1) is 11.4. The van der Waals surface area contributed by atoms with E-state index >= 15 is 0 Å². The molecule has 0 aromatic heterocycles. The summed E-state index contributed by atoms with van der Waals surface area (Å²) in [4.78, 5) is 12.3. The highest BCUT2D eigenvalue weighted by Crippen LogP contribution is 2.32. The van der Waals surface area contributed by atoms with Gasteiger partial charge in [0.05, 0.1) is 4.90 Å². The van der Waals surface area contributed by atoms with Crippen LogP contribution in [0.1, 0.15) is 26.7 Å². The topological polar surface area (TPSA) is 93.7 Å². The number of fused-ring (bicyclic) bond motifs is 1. The van der Waals surface area contributed by atoms with Gasteiger partial charge < -0.3 is 14.8 Å². The fraction of sp³-hybridized carbons (Fsp3) is 0.562. The second kappa shape index (κ2) is 6.60. The van der Waals surface area contributed by atoms with Crippen LogP contribution in [0.25, 0.3) is 0 Å². The smallest absolute Gasteiger partial charge is 0.241 e. The van der Waals surface area contributed by atoms with Gasteiger partial charge in [-0.3, -0.25) is 4.79 Å². The maximum atomic E-state index is 12.7. The molecule has 0 saturated heterocycles. The van der Waals surface area contributed by atoms with E-state index in [-0.39, 0.29) is 22.8 Å². The Labute approximate surface area is 141 Å². The summed E-state index contributed by atoms with van der Waals surface area (Å²) < 4.78 is 38.6. The first kappa shape index (κ1) is 17.0. The number of carbonyl (C=O) groups excluding carboxylic acids is 1. The van der Waals surface area contributed by atoms with Crippen LogP contribution in [0, 0.1) is 5.92 Å². The second-order valence-electron chi connectivity index (χ2n) is 6.43. The van der Waals surface area contributed by atoms with Crippen molar-refractivity contribution in [3.63, 3.8) is 0 Å². The first-order valence-electron chi connectivity index (χ1n) is 8.09. The predicted molar refractivity (Wildman–Crippen MR) is 87.5 cm³/mol. The molecule has 1 saturated carbocycles. The van der Waals surface area contributed by atoms with Crippen molar-refractivity contribution in [3.05, 3.63) is 18.2 Å². The lowest BCUT2D eigenvalue weighted by atomic mass is 10.1. The number of nitrogens with one attached hydrogen (secondary N) is 2. The molecule has 1 aromatic carbocycles. The number of rotatable bonds is 6. The summed E-state index contributed by atoms with van der Waals surface area (Å²) in [6, 6.07) is 3.80. The van der Waals surface area contributed by atoms with Crippen molar-refractivity contribution in [1.29, 1.82) is 0 Å². The average molecular weight is 354 g/mol. The molecule has 2 aliphatic rings. The van der Waals surface area contributed by atoms with Gasteiger partial charge in [0.25, 0.3) is 0 Å². The molecule has 24 heavy (non-hydrogen) atoms. The summed E-state index contributed by atoms with van der Waals surface area (Å²) in [5.41, 5.74) is 0. The molecule has 1 atom stereocenters. The minimum absolute atomic E-state index is 0.0524. The minimum Gasteiger partial charge on any atom is -0.486 e. The lowest BCUT2D eigenvalue weighted by Crippen LogP contribution is -2.50. The number of amides is 1. The number of hydrogen-bond donors (Lipinski definition) is 2. The summed E-state index contributed by atoms with van der Waals surface area (Å²) in [5.74, 6) is 0.462. The zero-order chi connectivity index (χ0) is 17.3. The molecule has 1 aliphatic carbocycles. The average Bonchev–Trinajstić information content (AvgIpc) is 3.35. The van der Waals surface area contributed by atoms with Gasteiger partial charge in [0.1, 0.15) is 19.3 Å². The molecule has 1 fully saturated rings. The molecule has 0 bridgehead atoms. The first-order valence-corrected chi connectivity index (χ1v) is 9.57. The van der Waals surface area contributed by atoms with Crippen molar-refractivity contribution >= 4 is 15.9 Å². The van der Waals surface area contributed by atoms with Crippen LogP contribution < -0.4 is 19.5 Å². The molecule has 1 aromatic rings. The molecule has 3 rings (SSSR count). The van der Waals surface area contributed by atoms with Crippen LogP contribution in [0.5, 0.6) is 11.5 Å². The van der Waals surface area contributed by atoms with Crippen molar-refractivity contribution in [2.45, 2.75) is 43.7 Å². The minimum atomic E-state index is -3.84. The van der Waals surface area contributed by atoms with Gasteiger partial charge in [0.2, 0.25) is 15.9 Å². The summed E-state index contributed by atoms with van der Waals surface area (Å²) in [5, 5.41) is 2.85. The molecular weight excluding hydrogens is 332 g/mol. The Balaban J connectivity index is 1.79. The Bertz CT molecular complexity index is 728. The van der Waals surface area contributed by atoms with E-state index in [9.17, 15) is 13.2 Å². The van der Waals surface area contributed by atoms with Gasteiger partial charge in [-0.25, -0.2) is 8.42 Å². The molecule has 8 heteroatoms. The third-order valence-electron chi connectivity index (χ3n) is 3.98. The van der Waals surface area contributed by atoms with Crippen molar-refractivity contribution in [2.75, 3.05) is 13.2 Å². The van der Waals surface area contributed by atoms with E-state index in [1.807, 2.05) is 13.8 Å². The quantitative estimate of drug-likeness (QED) is 0.796. The van der Waals surface area contributed by atoms with Gasteiger partial charge in [-0.2, -0.15) is 4.72 Å². The largest absolute Gasteiger partial charge is 0.486 e. The monoisotopic (exact) mass is 354 g/mol. The highest BCUT2D eigenvalue weighted by molar-refractivity contribution is 7.89. The fourth-order valence-electron chi connectivity index (χ4n) is 2.44. The van der Waals surface area contributed by atoms with E-state index in [1.54, 1.807) is 6.07 Å². The van der Waals surface area contributed by atoms with E-state index in [0.717, 1.165) is 12.8 Å². The van der Waals surface area contributed by atoms with E-state index < -0.39 is 16.1 Å². The van der Waals surface area contributed by atoms with Crippen molar-refractivity contribution < 1.29 is 22.7 Å². The zero-order valence-corrected chi connectivity index (χ0v) is 14.6. The van der Waals surface area contributed by atoms with Crippen LogP contribution in [0.2, 0.25) is 0 Å². The highest BCUT2D eigenvalue weighted by Gasteiger charge is 2.32.